The summed E-state index contributed by atoms with van der Waals surface area (Å²) in [5.41, 5.74) is 0.607. The first-order valence-corrected chi connectivity index (χ1v) is 6.54. The molecule has 1 atom stereocenters. The smallest absolute Gasteiger partial charge is 0.171 e. The second-order valence-corrected chi connectivity index (χ2v) is 4.97. The third-order valence-corrected chi connectivity index (χ3v) is 3.76. The van der Waals surface area contributed by atoms with Gasteiger partial charge in [-0.2, -0.15) is 0 Å². The first kappa shape index (κ1) is 12.6. The molecule has 1 spiro atoms. The van der Waals surface area contributed by atoms with Crippen molar-refractivity contribution in [3.63, 3.8) is 0 Å². The number of carbonyl (C=O) groups excluding carboxylic acids is 1. The van der Waals surface area contributed by atoms with Gasteiger partial charge in [0.2, 0.25) is 0 Å². The predicted octanol–water partition coefficient (Wildman–Crippen LogP) is 1.75. The third kappa shape index (κ3) is 2.36. The summed E-state index contributed by atoms with van der Waals surface area (Å²) in [6.45, 7) is 1.11. The van der Waals surface area contributed by atoms with E-state index in [1.54, 1.807) is 12.1 Å². The van der Waals surface area contributed by atoms with E-state index in [0.717, 1.165) is 5.06 Å². The van der Waals surface area contributed by atoms with Crippen molar-refractivity contribution in [3.8, 4) is 0 Å². The van der Waals surface area contributed by atoms with E-state index >= 15 is 0 Å². The van der Waals surface area contributed by atoms with E-state index in [1.807, 2.05) is 18.2 Å². The molecule has 1 saturated carbocycles. The largest absolute Gasteiger partial charge is 0.347 e. The fraction of sp³-hybridized carbons (Fsp3) is 0.500. The molecule has 3 rings (SSSR count). The quantitative estimate of drug-likeness (QED) is 0.824. The van der Waals surface area contributed by atoms with Crippen LogP contribution in [0.25, 0.3) is 0 Å². The normalized spacial score (nSPS) is 25.7. The number of benzene rings is 1. The summed E-state index contributed by atoms with van der Waals surface area (Å²) in [5.74, 6) is -0.662. The van der Waals surface area contributed by atoms with Crippen LogP contribution >= 0.6 is 0 Å². The Morgan fingerprint density at radius 2 is 1.89 bits per heavy atom. The first-order chi connectivity index (χ1) is 9.20. The topological polar surface area (TPSA) is 59.0 Å². The number of carbonyl (C=O) groups is 1. The fourth-order valence-corrected chi connectivity index (χ4v) is 2.73. The molecule has 1 aliphatic heterocycles. The lowest BCUT2D eigenvalue weighted by Crippen LogP contribution is -2.50. The zero-order valence-corrected chi connectivity index (χ0v) is 10.6. The van der Waals surface area contributed by atoms with Gasteiger partial charge in [0.25, 0.3) is 0 Å². The highest BCUT2D eigenvalue weighted by Crippen LogP contribution is 2.36. The van der Waals surface area contributed by atoms with E-state index in [2.05, 4.69) is 0 Å². The highest BCUT2D eigenvalue weighted by atomic mass is 16.7. The van der Waals surface area contributed by atoms with Crippen LogP contribution in [-0.4, -0.2) is 36.0 Å². The van der Waals surface area contributed by atoms with Gasteiger partial charge >= 0.3 is 0 Å². The summed E-state index contributed by atoms with van der Waals surface area (Å²) in [5, 5.41) is 11.3. The minimum absolute atomic E-state index is 0.0241. The van der Waals surface area contributed by atoms with Gasteiger partial charge in [-0.1, -0.05) is 18.2 Å². The van der Waals surface area contributed by atoms with Gasteiger partial charge in [-0.25, -0.2) is 5.06 Å². The standard InChI is InChI=1S/C14H17NO4/c16-13-6-7-14(18-8-9-19-14)10-12(13)15(17)11-4-2-1-3-5-11/h1-5,12,17H,6-10H2/t12-/m0/s1. The molecule has 1 saturated heterocycles. The molecule has 1 N–H and O–H groups in total. The maximum Gasteiger partial charge on any atom is 0.171 e. The Bertz CT molecular complexity index is 456. The molecule has 0 aromatic heterocycles. The van der Waals surface area contributed by atoms with Gasteiger partial charge in [-0.15, -0.1) is 0 Å². The number of rotatable bonds is 2. The number of para-hydroxylation sites is 1. The van der Waals surface area contributed by atoms with Crippen LogP contribution in [0.5, 0.6) is 0 Å². The molecule has 0 radical (unpaired) electrons. The van der Waals surface area contributed by atoms with Crippen molar-refractivity contribution in [2.75, 3.05) is 18.3 Å². The van der Waals surface area contributed by atoms with Crippen molar-refractivity contribution in [2.24, 2.45) is 0 Å². The van der Waals surface area contributed by atoms with E-state index in [1.165, 1.54) is 0 Å². The minimum Gasteiger partial charge on any atom is -0.347 e. The van der Waals surface area contributed by atoms with E-state index < -0.39 is 11.8 Å². The number of anilines is 1. The molecule has 19 heavy (non-hydrogen) atoms. The highest BCUT2D eigenvalue weighted by Gasteiger charge is 2.46. The van der Waals surface area contributed by atoms with Crippen molar-refractivity contribution in [3.05, 3.63) is 30.3 Å². The van der Waals surface area contributed by atoms with Crippen molar-refractivity contribution >= 4 is 11.5 Å². The van der Waals surface area contributed by atoms with Crippen LogP contribution in [0.1, 0.15) is 19.3 Å². The lowest BCUT2D eigenvalue weighted by molar-refractivity contribution is -0.185. The van der Waals surface area contributed by atoms with E-state index in [-0.39, 0.29) is 5.78 Å². The fourth-order valence-electron chi connectivity index (χ4n) is 2.73. The first-order valence-electron chi connectivity index (χ1n) is 6.54. The van der Waals surface area contributed by atoms with Crippen LogP contribution in [0.15, 0.2) is 30.3 Å². The molecule has 5 heteroatoms. The lowest BCUT2D eigenvalue weighted by Gasteiger charge is -2.38. The number of hydrogen-bond acceptors (Lipinski definition) is 5. The zero-order valence-electron chi connectivity index (χ0n) is 10.6. The second kappa shape index (κ2) is 4.92. The Morgan fingerprint density at radius 1 is 1.21 bits per heavy atom. The van der Waals surface area contributed by atoms with Gasteiger partial charge in [0, 0.05) is 19.3 Å². The molecular weight excluding hydrogens is 246 g/mol. The maximum atomic E-state index is 12.0. The number of hydrogen-bond donors (Lipinski definition) is 1. The maximum absolute atomic E-state index is 12.0. The van der Waals surface area contributed by atoms with Gasteiger partial charge in [-0.3, -0.25) is 10.0 Å². The zero-order chi connectivity index (χ0) is 13.3. The van der Waals surface area contributed by atoms with Crippen LogP contribution in [0.2, 0.25) is 0 Å². The Hall–Kier alpha value is -1.43. The monoisotopic (exact) mass is 263 g/mol. The number of Topliss-reactive ketones (excluding diaryl/α,β-unsaturated/α-hetero) is 1. The summed E-state index contributed by atoms with van der Waals surface area (Å²) in [7, 11) is 0. The highest BCUT2D eigenvalue weighted by molar-refractivity contribution is 5.87. The van der Waals surface area contributed by atoms with Gasteiger partial charge in [-0.05, 0) is 12.1 Å². The van der Waals surface area contributed by atoms with Crippen molar-refractivity contribution < 1.29 is 19.5 Å². The van der Waals surface area contributed by atoms with Crippen molar-refractivity contribution in [2.45, 2.75) is 31.1 Å². The average molecular weight is 263 g/mol. The summed E-state index contributed by atoms with van der Waals surface area (Å²) in [6.07, 6.45) is 1.32. The molecule has 1 aromatic rings. The van der Waals surface area contributed by atoms with Crippen LogP contribution < -0.4 is 5.06 Å². The van der Waals surface area contributed by atoms with E-state index in [0.29, 0.717) is 38.2 Å². The minimum atomic E-state index is -0.686. The van der Waals surface area contributed by atoms with Crippen molar-refractivity contribution in [1.82, 2.24) is 0 Å². The molecule has 2 aliphatic rings. The van der Waals surface area contributed by atoms with Crippen LogP contribution in [0.4, 0.5) is 5.69 Å². The molecule has 5 nitrogen and oxygen atoms in total. The van der Waals surface area contributed by atoms with Gasteiger partial charge in [0.1, 0.15) is 6.04 Å². The van der Waals surface area contributed by atoms with Crippen LogP contribution in [-0.2, 0) is 14.3 Å². The lowest BCUT2D eigenvalue weighted by atomic mass is 9.88. The summed E-state index contributed by atoms with van der Waals surface area (Å²) in [4.78, 5) is 12.0. The molecular formula is C14H17NO4. The SMILES string of the molecule is O=C1CCC2(C[C@@H]1N(O)c1ccccc1)OCCO2. The van der Waals surface area contributed by atoms with E-state index in [9.17, 15) is 10.0 Å². The van der Waals surface area contributed by atoms with Gasteiger partial charge in [0.15, 0.2) is 11.6 Å². The number of nitrogens with zero attached hydrogens (tertiary/aromatic N) is 1. The molecule has 0 unspecified atom stereocenters. The molecule has 0 bridgehead atoms. The molecule has 1 heterocycles. The second-order valence-electron chi connectivity index (χ2n) is 4.97. The average Bonchev–Trinajstić information content (AvgIpc) is 2.90. The van der Waals surface area contributed by atoms with Crippen LogP contribution in [0, 0.1) is 0 Å². The molecule has 102 valence electrons. The summed E-state index contributed by atoms with van der Waals surface area (Å²) < 4.78 is 11.3. The van der Waals surface area contributed by atoms with Gasteiger partial charge in [0.05, 0.1) is 18.9 Å². The Labute approximate surface area is 111 Å². The molecule has 1 aromatic carbocycles. The Balaban J connectivity index is 1.80. The number of ketones is 1. The third-order valence-electron chi connectivity index (χ3n) is 3.76. The summed E-state index contributed by atoms with van der Waals surface area (Å²) >= 11 is 0. The number of hydroxylamine groups is 1. The van der Waals surface area contributed by atoms with E-state index in [4.69, 9.17) is 9.47 Å². The van der Waals surface area contributed by atoms with Crippen molar-refractivity contribution in [1.29, 1.82) is 0 Å². The Kier molecular flexibility index (Phi) is 3.26. The molecule has 1 aliphatic carbocycles. The molecule has 0 amide bonds. The number of ether oxygens (including phenoxy) is 2. The summed E-state index contributed by atoms with van der Waals surface area (Å²) in [6, 6.07) is 8.45. The molecule has 2 fully saturated rings. The van der Waals surface area contributed by atoms with Gasteiger partial charge < -0.3 is 9.47 Å². The predicted molar refractivity (Wildman–Crippen MR) is 68.0 cm³/mol. The van der Waals surface area contributed by atoms with Crippen LogP contribution in [0.3, 0.4) is 0 Å². The Morgan fingerprint density at radius 3 is 2.58 bits per heavy atom.